The van der Waals surface area contributed by atoms with Gasteiger partial charge in [0.25, 0.3) is 0 Å². The van der Waals surface area contributed by atoms with E-state index in [1.807, 2.05) is 25.5 Å². The van der Waals surface area contributed by atoms with Crippen molar-refractivity contribution >= 4 is 11.6 Å². The quantitative estimate of drug-likeness (QED) is 0.881. The molecule has 1 heterocycles. The van der Waals surface area contributed by atoms with Gasteiger partial charge in [-0.15, -0.1) is 0 Å². The standard InChI is InChI=1S/C12H19ClN2O/c1-4-15-10(11(13)8(2)14-15)7-12(3,16)9-5-6-9/h9,16H,4-7H2,1-3H3. The molecular formula is C12H19ClN2O. The molecule has 1 fully saturated rings. The number of aliphatic hydroxyl groups is 1. The van der Waals surface area contributed by atoms with Crippen molar-refractivity contribution in [2.45, 2.75) is 52.2 Å². The van der Waals surface area contributed by atoms with E-state index >= 15 is 0 Å². The van der Waals surface area contributed by atoms with Gasteiger partial charge in [0.1, 0.15) is 0 Å². The summed E-state index contributed by atoms with van der Waals surface area (Å²) in [7, 11) is 0. The average Bonchev–Trinajstić information content (AvgIpc) is 3.02. The molecule has 0 spiro atoms. The molecule has 1 unspecified atom stereocenters. The SMILES string of the molecule is CCn1nc(C)c(Cl)c1CC(C)(O)C1CC1. The van der Waals surface area contributed by atoms with E-state index in [0.29, 0.717) is 17.4 Å². The monoisotopic (exact) mass is 242 g/mol. The summed E-state index contributed by atoms with van der Waals surface area (Å²) in [6.07, 6.45) is 2.86. The lowest BCUT2D eigenvalue weighted by atomic mass is 9.94. The van der Waals surface area contributed by atoms with Crippen molar-refractivity contribution in [3.05, 3.63) is 16.4 Å². The molecule has 0 amide bonds. The van der Waals surface area contributed by atoms with Gasteiger partial charge in [0, 0.05) is 13.0 Å². The first kappa shape index (κ1) is 11.9. The first-order valence-electron chi connectivity index (χ1n) is 5.90. The summed E-state index contributed by atoms with van der Waals surface area (Å²) in [6, 6.07) is 0. The van der Waals surface area contributed by atoms with Crippen LogP contribution in [0.2, 0.25) is 5.02 Å². The number of aryl methyl sites for hydroxylation is 2. The molecule has 0 aromatic carbocycles. The first-order chi connectivity index (χ1) is 7.45. The van der Waals surface area contributed by atoms with Gasteiger partial charge in [-0.05, 0) is 39.5 Å². The second-order valence-electron chi connectivity index (χ2n) is 4.97. The van der Waals surface area contributed by atoms with Crippen LogP contribution in [0.15, 0.2) is 0 Å². The fourth-order valence-corrected chi connectivity index (χ4v) is 2.43. The Labute approximate surface area is 101 Å². The van der Waals surface area contributed by atoms with Gasteiger partial charge in [-0.2, -0.15) is 5.10 Å². The summed E-state index contributed by atoms with van der Waals surface area (Å²) < 4.78 is 1.90. The van der Waals surface area contributed by atoms with E-state index in [1.165, 1.54) is 0 Å². The normalized spacial score (nSPS) is 19.8. The minimum absolute atomic E-state index is 0.434. The lowest BCUT2D eigenvalue weighted by Crippen LogP contribution is -2.31. The van der Waals surface area contributed by atoms with Crippen LogP contribution in [0.3, 0.4) is 0 Å². The van der Waals surface area contributed by atoms with Crippen molar-refractivity contribution in [3.63, 3.8) is 0 Å². The maximum Gasteiger partial charge on any atom is 0.0848 e. The zero-order valence-corrected chi connectivity index (χ0v) is 10.9. The smallest absolute Gasteiger partial charge is 0.0848 e. The zero-order chi connectivity index (χ0) is 11.9. The van der Waals surface area contributed by atoms with Gasteiger partial charge < -0.3 is 5.11 Å². The molecule has 0 aliphatic heterocycles. The van der Waals surface area contributed by atoms with Crippen LogP contribution in [0.4, 0.5) is 0 Å². The van der Waals surface area contributed by atoms with Crippen molar-refractivity contribution in [2.24, 2.45) is 5.92 Å². The number of rotatable bonds is 4. The van der Waals surface area contributed by atoms with Gasteiger partial charge in [0.15, 0.2) is 0 Å². The molecule has 4 heteroatoms. The Hall–Kier alpha value is -0.540. The summed E-state index contributed by atoms with van der Waals surface area (Å²) in [5.41, 5.74) is 1.19. The molecule has 0 radical (unpaired) electrons. The van der Waals surface area contributed by atoms with E-state index in [4.69, 9.17) is 11.6 Å². The highest BCUT2D eigenvalue weighted by atomic mass is 35.5. The molecule has 2 rings (SSSR count). The van der Waals surface area contributed by atoms with Crippen molar-refractivity contribution in [1.29, 1.82) is 0 Å². The summed E-state index contributed by atoms with van der Waals surface area (Å²) in [5.74, 6) is 0.434. The highest BCUT2D eigenvalue weighted by Gasteiger charge is 2.41. The zero-order valence-electron chi connectivity index (χ0n) is 10.1. The summed E-state index contributed by atoms with van der Waals surface area (Å²) in [4.78, 5) is 0. The fourth-order valence-electron chi connectivity index (χ4n) is 2.23. The predicted molar refractivity (Wildman–Crippen MR) is 64.7 cm³/mol. The number of hydrogen-bond donors (Lipinski definition) is 1. The van der Waals surface area contributed by atoms with Crippen LogP contribution >= 0.6 is 11.6 Å². The highest BCUT2D eigenvalue weighted by Crippen LogP contribution is 2.42. The van der Waals surface area contributed by atoms with E-state index in [1.54, 1.807) is 0 Å². The molecule has 1 aromatic heterocycles. The highest BCUT2D eigenvalue weighted by molar-refractivity contribution is 6.31. The van der Waals surface area contributed by atoms with E-state index in [-0.39, 0.29) is 0 Å². The van der Waals surface area contributed by atoms with E-state index in [9.17, 15) is 5.11 Å². The summed E-state index contributed by atoms with van der Waals surface area (Å²) >= 11 is 6.23. The minimum atomic E-state index is -0.636. The van der Waals surface area contributed by atoms with Gasteiger partial charge in [-0.25, -0.2) is 0 Å². The third-order valence-electron chi connectivity index (χ3n) is 3.44. The Morgan fingerprint density at radius 2 is 2.19 bits per heavy atom. The van der Waals surface area contributed by atoms with Crippen LogP contribution in [0.1, 0.15) is 38.1 Å². The second-order valence-corrected chi connectivity index (χ2v) is 5.35. The van der Waals surface area contributed by atoms with E-state index < -0.39 is 5.60 Å². The van der Waals surface area contributed by atoms with Gasteiger partial charge >= 0.3 is 0 Å². The number of hydrogen-bond acceptors (Lipinski definition) is 2. The second kappa shape index (κ2) is 4.04. The van der Waals surface area contributed by atoms with Gasteiger partial charge in [-0.1, -0.05) is 11.6 Å². The molecule has 0 bridgehead atoms. The molecule has 90 valence electrons. The lowest BCUT2D eigenvalue weighted by Gasteiger charge is -2.23. The third kappa shape index (κ3) is 2.11. The fraction of sp³-hybridized carbons (Fsp3) is 0.750. The molecule has 1 saturated carbocycles. The topological polar surface area (TPSA) is 38.0 Å². The van der Waals surface area contributed by atoms with Crippen LogP contribution in [0.25, 0.3) is 0 Å². The summed E-state index contributed by atoms with van der Waals surface area (Å²) in [6.45, 7) is 6.65. The van der Waals surface area contributed by atoms with Crippen LogP contribution in [-0.2, 0) is 13.0 Å². The maximum atomic E-state index is 10.4. The Kier molecular flexibility index (Phi) is 3.01. The molecular weight excluding hydrogens is 224 g/mol. The molecule has 16 heavy (non-hydrogen) atoms. The van der Waals surface area contributed by atoms with Gasteiger partial charge in [0.05, 0.1) is 22.0 Å². The molecule has 1 aromatic rings. The number of halogens is 1. The van der Waals surface area contributed by atoms with Crippen molar-refractivity contribution in [3.8, 4) is 0 Å². The predicted octanol–water partition coefficient (Wildman–Crippen LogP) is 2.57. The van der Waals surface area contributed by atoms with Crippen molar-refractivity contribution in [2.75, 3.05) is 0 Å². The number of aromatic nitrogens is 2. The molecule has 0 saturated heterocycles. The first-order valence-corrected chi connectivity index (χ1v) is 6.27. The maximum absolute atomic E-state index is 10.4. The molecule has 1 aliphatic carbocycles. The van der Waals surface area contributed by atoms with Crippen LogP contribution in [-0.4, -0.2) is 20.5 Å². The van der Waals surface area contributed by atoms with Crippen molar-refractivity contribution < 1.29 is 5.11 Å². The molecule has 1 N–H and O–H groups in total. The van der Waals surface area contributed by atoms with Crippen LogP contribution in [0.5, 0.6) is 0 Å². The van der Waals surface area contributed by atoms with Crippen LogP contribution < -0.4 is 0 Å². The van der Waals surface area contributed by atoms with Crippen LogP contribution in [0, 0.1) is 12.8 Å². The van der Waals surface area contributed by atoms with Gasteiger partial charge in [0.2, 0.25) is 0 Å². The Morgan fingerprint density at radius 3 is 2.69 bits per heavy atom. The minimum Gasteiger partial charge on any atom is -0.389 e. The third-order valence-corrected chi connectivity index (χ3v) is 3.93. The largest absolute Gasteiger partial charge is 0.389 e. The number of nitrogens with zero attached hydrogens (tertiary/aromatic N) is 2. The van der Waals surface area contributed by atoms with E-state index in [2.05, 4.69) is 5.10 Å². The summed E-state index contributed by atoms with van der Waals surface area (Å²) in [5, 5.41) is 15.4. The van der Waals surface area contributed by atoms with Crippen molar-refractivity contribution in [1.82, 2.24) is 9.78 Å². The Bertz CT molecular complexity index is 394. The Balaban J connectivity index is 2.25. The average molecular weight is 243 g/mol. The lowest BCUT2D eigenvalue weighted by molar-refractivity contribution is 0.0352. The molecule has 1 aliphatic rings. The molecule has 3 nitrogen and oxygen atoms in total. The molecule has 1 atom stereocenters. The van der Waals surface area contributed by atoms with Gasteiger partial charge in [-0.3, -0.25) is 4.68 Å². The Morgan fingerprint density at radius 1 is 1.56 bits per heavy atom. The van der Waals surface area contributed by atoms with E-state index in [0.717, 1.165) is 30.8 Å².